The van der Waals surface area contributed by atoms with Crippen LogP contribution in [-0.2, 0) is 6.54 Å². The van der Waals surface area contributed by atoms with E-state index in [0.29, 0.717) is 12.1 Å². The molecule has 82 valence electrons. The van der Waals surface area contributed by atoms with Gasteiger partial charge in [-0.2, -0.15) is 0 Å². The Kier molecular flexibility index (Phi) is 3.63. The minimum absolute atomic E-state index is 0.137. The Morgan fingerprint density at radius 2 is 2.25 bits per heavy atom. The molecule has 0 aliphatic carbocycles. The molecular formula is C10H8BrN3OS. The quantitative estimate of drug-likeness (QED) is 0.945. The minimum atomic E-state index is -0.137. The zero-order chi connectivity index (χ0) is 11.4. The SMILES string of the molecule is O=C(NCc1cncs1)c1cncc(Br)c1. The number of nitrogens with one attached hydrogen (secondary N) is 1. The molecule has 0 aliphatic heterocycles. The first-order valence-electron chi connectivity index (χ1n) is 4.52. The van der Waals surface area contributed by atoms with Gasteiger partial charge in [-0.15, -0.1) is 11.3 Å². The van der Waals surface area contributed by atoms with Gasteiger partial charge in [0.25, 0.3) is 5.91 Å². The summed E-state index contributed by atoms with van der Waals surface area (Å²) in [4.78, 5) is 20.6. The summed E-state index contributed by atoms with van der Waals surface area (Å²) in [5.41, 5.74) is 2.28. The van der Waals surface area contributed by atoms with E-state index in [1.807, 2.05) is 0 Å². The highest BCUT2D eigenvalue weighted by molar-refractivity contribution is 9.10. The van der Waals surface area contributed by atoms with Crippen molar-refractivity contribution in [2.24, 2.45) is 0 Å². The number of amides is 1. The van der Waals surface area contributed by atoms with Crippen LogP contribution in [0.15, 0.2) is 34.6 Å². The smallest absolute Gasteiger partial charge is 0.253 e. The topological polar surface area (TPSA) is 54.9 Å². The molecule has 0 aromatic carbocycles. The van der Waals surface area contributed by atoms with E-state index < -0.39 is 0 Å². The molecule has 2 heterocycles. The first kappa shape index (κ1) is 11.2. The van der Waals surface area contributed by atoms with E-state index in [4.69, 9.17) is 0 Å². The van der Waals surface area contributed by atoms with E-state index in [2.05, 4.69) is 31.2 Å². The van der Waals surface area contributed by atoms with Crippen LogP contribution in [0.2, 0.25) is 0 Å². The fraction of sp³-hybridized carbons (Fsp3) is 0.100. The van der Waals surface area contributed by atoms with Crippen molar-refractivity contribution < 1.29 is 4.79 Å². The van der Waals surface area contributed by atoms with Crippen molar-refractivity contribution in [3.05, 3.63) is 45.1 Å². The zero-order valence-corrected chi connectivity index (χ0v) is 10.6. The number of carbonyl (C=O) groups excluding carboxylic acids is 1. The second kappa shape index (κ2) is 5.18. The highest BCUT2D eigenvalue weighted by Crippen LogP contribution is 2.10. The van der Waals surface area contributed by atoms with Crippen LogP contribution in [0, 0.1) is 0 Å². The number of nitrogens with zero attached hydrogens (tertiary/aromatic N) is 2. The fourth-order valence-electron chi connectivity index (χ4n) is 1.13. The summed E-state index contributed by atoms with van der Waals surface area (Å²) in [6, 6.07) is 1.73. The molecule has 6 heteroatoms. The van der Waals surface area contributed by atoms with E-state index in [0.717, 1.165) is 9.35 Å². The van der Waals surface area contributed by atoms with Crippen LogP contribution in [0.25, 0.3) is 0 Å². The summed E-state index contributed by atoms with van der Waals surface area (Å²) in [6.45, 7) is 0.496. The van der Waals surface area contributed by atoms with Gasteiger partial charge >= 0.3 is 0 Å². The normalized spacial score (nSPS) is 10.1. The number of rotatable bonds is 3. The Morgan fingerprint density at radius 3 is 2.94 bits per heavy atom. The van der Waals surface area contributed by atoms with E-state index in [1.54, 1.807) is 24.0 Å². The number of aromatic nitrogens is 2. The Bertz CT molecular complexity index is 487. The van der Waals surface area contributed by atoms with Crippen molar-refractivity contribution in [2.45, 2.75) is 6.54 Å². The van der Waals surface area contributed by atoms with E-state index in [9.17, 15) is 4.79 Å². The average Bonchev–Trinajstić information content (AvgIpc) is 2.78. The number of halogens is 1. The Hall–Kier alpha value is -1.27. The molecule has 0 unspecified atom stereocenters. The first-order valence-corrected chi connectivity index (χ1v) is 6.19. The molecule has 2 aromatic rings. The molecule has 0 saturated heterocycles. The zero-order valence-electron chi connectivity index (χ0n) is 8.18. The molecule has 0 saturated carbocycles. The summed E-state index contributed by atoms with van der Waals surface area (Å²) in [6.07, 6.45) is 4.91. The van der Waals surface area contributed by atoms with Gasteiger partial charge in [-0.3, -0.25) is 14.8 Å². The highest BCUT2D eigenvalue weighted by Gasteiger charge is 2.06. The fourth-order valence-corrected chi connectivity index (χ4v) is 2.03. The third-order valence-electron chi connectivity index (χ3n) is 1.87. The number of pyridine rings is 1. The lowest BCUT2D eigenvalue weighted by atomic mass is 10.3. The highest BCUT2D eigenvalue weighted by atomic mass is 79.9. The number of hydrogen-bond acceptors (Lipinski definition) is 4. The number of hydrogen-bond donors (Lipinski definition) is 1. The average molecular weight is 298 g/mol. The molecule has 16 heavy (non-hydrogen) atoms. The lowest BCUT2D eigenvalue weighted by Crippen LogP contribution is -2.22. The van der Waals surface area contributed by atoms with Gasteiger partial charge < -0.3 is 5.32 Å². The second-order valence-corrected chi connectivity index (χ2v) is 4.93. The van der Waals surface area contributed by atoms with Gasteiger partial charge in [0.2, 0.25) is 0 Å². The maximum Gasteiger partial charge on any atom is 0.253 e. The van der Waals surface area contributed by atoms with Gasteiger partial charge in [-0.25, -0.2) is 0 Å². The number of thiazole rings is 1. The first-order chi connectivity index (χ1) is 7.75. The van der Waals surface area contributed by atoms with Gasteiger partial charge in [0.15, 0.2) is 0 Å². The lowest BCUT2D eigenvalue weighted by Gasteiger charge is -2.02. The summed E-state index contributed by atoms with van der Waals surface area (Å²) in [7, 11) is 0. The Balaban J connectivity index is 1.98. The molecule has 0 radical (unpaired) electrons. The van der Waals surface area contributed by atoms with Crippen LogP contribution in [0.5, 0.6) is 0 Å². The molecule has 4 nitrogen and oxygen atoms in total. The molecule has 0 spiro atoms. The van der Waals surface area contributed by atoms with Crippen molar-refractivity contribution >= 4 is 33.2 Å². The maximum atomic E-state index is 11.7. The van der Waals surface area contributed by atoms with Gasteiger partial charge in [0, 0.05) is 27.9 Å². The van der Waals surface area contributed by atoms with Crippen molar-refractivity contribution in [3.8, 4) is 0 Å². The monoisotopic (exact) mass is 297 g/mol. The van der Waals surface area contributed by atoms with Crippen molar-refractivity contribution in [1.29, 1.82) is 0 Å². The lowest BCUT2D eigenvalue weighted by molar-refractivity contribution is 0.0951. The van der Waals surface area contributed by atoms with Gasteiger partial charge in [-0.1, -0.05) is 0 Å². The summed E-state index contributed by atoms with van der Waals surface area (Å²) in [5, 5.41) is 2.80. The van der Waals surface area contributed by atoms with Crippen LogP contribution in [0.3, 0.4) is 0 Å². The third-order valence-corrected chi connectivity index (χ3v) is 3.09. The predicted molar refractivity (Wildman–Crippen MR) is 65.2 cm³/mol. The molecule has 0 aliphatic rings. The molecule has 2 rings (SSSR count). The van der Waals surface area contributed by atoms with Crippen molar-refractivity contribution in [3.63, 3.8) is 0 Å². The Labute approximate surface area is 105 Å². The largest absolute Gasteiger partial charge is 0.347 e. The molecular weight excluding hydrogens is 290 g/mol. The van der Waals surface area contributed by atoms with Crippen molar-refractivity contribution in [2.75, 3.05) is 0 Å². The predicted octanol–water partition coefficient (Wildman–Crippen LogP) is 2.23. The van der Waals surface area contributed by atoms with Crippen molar-refractivity contribution in [1.82, 2.24) is 15.3 Å². The standard InChI is InChI=1S/C10H8BrN3OS/c11-8-1-7(2-12-3-8)10(15)14-5-9-4-13-6-16-9/h1-4,6H,5H2,(H,14,15). The molecule has 0 bridgehead atoms. The minimum Gasteiger partial charge on any atom is -0.347 e. The van der Waals surface area contributed by atoms with Gasteiger partial charge in [0.1, 0.15) is 0 Å². The van der Waals surface area contributed by atoms with Gasteiger partial charge in [0.05, 0.1) is 17.6 Å². The third kappa shape index (κ3) is 2.86. The van der Waals surface area contributed by atoms with E-state index >= 15 is 0 Å². The van der Waals surface area contributed by atoms with Crippen LogP contribution >= 0.6 is 27.3 Å². The Morgan fingerprint density at radius 1 is 1.38 bits per heavy atom. The summed E-state index contributed by atoms with van der Waals surface area (Å²) in [5.74, 6) is -0.137. The number of carbonyl (C=O) groups is 1. The summed E-state index contributed by atoms with van der Waals surface area (Å²) >= 11 is 4.78. The van der Waals surface area contributed by atoms with E-state index in [-0.39, 0.29) is 5.91 Å². The van der Waals surface area contributed by atoms with Crippen LogP contribution in [-0.4, -0.2) is 15.9 Å². The summed E-state index contributed by atoms with van der Waals surface area (Å²) < 4.78 is 0.790. The van der Waals surface area contributed by atoms with Gasteiger partial charge in [-0.05, 0) is 22.0 Å². The molecule has 2 aromatic heterocycles. The molecule has 1 N–H and O–H groups in total. The van der Waals surface area contributed by atoms with Crippen LogP contribution in [0.1, 0.15) is 15.2 Å². The molecule has 1 amide bonds. The maximum absolute atomic E-state index is 11.7. The van der Waals surface area contributed by atoms with Crippen LogP contribution in [0.4, 0.5) is 0 Å². The van der Waals surface area contributed by atoms with Crippen LogP contribution < -0.4 is 5.32 Å². The molecule has 0 atom stereocenters. The second-order valence-electron chi connectivity index (χ2n) is 3.04. The molecule has 0 fully saturated rings. The van der Waals surface area contributed by atoms with E-state index in [1.165, 1.54) is 17.5 Å².